The van der Waals surface area contributed by atoms with Crippen LogP contribution in [0.5, 0.6) is 5.75 Å². The molecule has 6 heteroatoms. The van der Waals surface area contributed by atoms with E-state index in [9.17, 15) is 0 Å². The molecule has 0 aliphatic carbocycles. The third kappa shape index (κ3) is 2.35. The molecule has 0 saturated heterocycles. The first-order valence-corrected chi connectivity index (χ1v) is 6.69. The summed E-state index contributed by atoms with van der Waals surface area (Å²) < 4.78 is 5.89. The summed E-state index contributed by atoms with van der Waals surface area (Å²) in [5.74, 6) is 0.560. The summed E-state index contributed by atoms with van der Waals surface area (Å²) in [5.41, 5.74) is 1.60. The normalized spacial score (nSPS) is 10.5. The Kier molecular flexibility index (Phi) is 3.74. The van der Waals surface area contributed by atoms with Crippen molar-refractivity contribution in [1.29, 1.82) is 0 Å². The zero-order valence-electron chi connectivity index (χ0n) is 8.13. The van der Waals surface area contributed by atoms with Crippen LogP contribution in [0.25, 0.3) is 11.3 Å². The summed E-state index contributed by atoms with van der Waals surface area (Å²) in [4.78, 5) is 4.29. The second-order valence-corrected chi connectivity index (χ2v) is 5.90. The second-order valence-electron chi connectivity index (χ2n) is 2.95. The Bertz CT molecular complexity index is 530. The molecule has 0 aliphatic heterocycles. The van der Waals surface area contributed by atoms with Gasteiger partial charge in [0.15, 0.2) is 3.92 Å². The molecule has 2 aromatic rings. The molecule has 1 aromatic carbocycles. The lowest BCUT2D eigenvalue weighted by Crippen LogP contribution is -1.87. The van der Waals surface area contributed by atoms with Crippen molar-refractivity contribution in [2.75, 3.05) is 7.11 Å². The van der Waals surface area contributed by atoms with E-state index in [4.69, 9.17) is 27.9 Å². The number of hydrogen-bond acceptors (Lipinski definition) is 3. The van der Waals surface area contributed by atoms with Gasteiger partial charge < -0.3 is 4.74 Å². The number of halogens is 3. The average molecular weight is 339 g/mol. The monoisotopic (exact) mass is 337 g/mol. The van der Waals surface area contributed by atoms with E-state index in [1.807, 2.05) is 5.38 Å². The number of benzene rings is 1. The van der Waals surface area contributed by atoms with Crippen LogP contribution in [0.1, 0.15) is 0 Å². The minimum Gasteiger partial charge on any atom is -0.495 e. The summed E-state index contributed by atoms with van der Waals surface area (Å²) >= 11 is 17.0. The molecule has 2 rings (SSSR count). The fourth-order valence-corrected chi connectivity index (χ4v) is 2.76. The molecule has 0 spiro atoms. The van der Waals surface area contributed by atoms with Crippen molar-refractivity contribution < 1.29 is 4.74 Å². The van der Waals surface area contributed by atoms with Gasteiger partial charge in [0.05, 0.1) is 22.8 Å². The topological polar surface area (TPSA) is 22.1 Å². The predicted molar refractivity (Wildman–Crippen MR) is 71.8 cm³/mol. The maximum Gasteiger partial charge on any atom is 0.159 e. The first-order valence-electron chi connectivity index (χ1n) is 4.26. The maximum atomic E-state index is 6.13. The van der Waals surface area contributed by atoms with Crippen molar-refractivity contribution in [2.24, 2.45) is 0 Å². The Balaban J connectivity index is 2.54. The number of nitrogens with zero attached hydrogens (tertiary/aromatic N) is 1. The number of hydrogen-bond donors (Lipinski definition) is 0. The highest BCUT2D eigenvalue weighted by Crippen LogP contribution is 2.37. The van der Waals surface area contributed by atoms with E-state index in [2.05, 4.69) is 20.9 Å². The highest BCUT2D eigenvalue weighted by Gasteiger charge is 2.11. The third-order valence-corrected chi connectivity index (χ3v) is 3.97. The Hall–Kier alpha value is -0.290. The molecule has 1 heterocycles. The van der Waals surface area contributed by atoms with Crippen molar-refractivity contribution in [1.82, 2.24) is 4.98 Å². The third-order valence-electron chi connectivity index (χ3n) is 1.99. The molecule has 0 saturated carbocycles. The molecule has 2 nitrogen and oxygen atoms in total. The van der Waals surface area contributed by atoms with Gasteiger partial charge in [-0.15, -0.1) is 11.3 Å². The molecule has 0 unspecified atom stereocenters. The SMILES string of the molecule is COc1cc(Cl)c(-c2csc(Br)n2)cc1Cl. The Labute approximate surface area is 115 Å². The summed E-state index contributed by atoms with van der Waals surface area (Å²) in [6.07, 6.45) is 0. The van der Waals surface area contributed by atoms with Crippen LogP contribution in [0.4, 0.5) is 0 Å². The van der Waals surface area contributed by atoms with E-state index >= 15 is 0 Å². The van der Waals surface area contributed by atoms with Crippen molar-refractivity contribution in [3.63, 3.8) is 0 Å². The summed E-state index contributed by atoms with van der Waals surface area (Å²) in [6.45, 7) is 0. The molecule has 0 radical (unpaired) electrons. The molecule has 0 amide bonds. The smallest absolute Gasteiger partial charge is 0.159 e. The molecule has 0 fully saturated rings. The van der Waals surface area contributed by atoms with E-state index < -0.39 is 0 Å². The zero-order valence-corrected chi connectivity index (χ0v) is 12.0. The van der Waals surface area contributed by atoms with Gasteiger partial charge in [-0.25, -0.2) is 4.98 Å². The number of ether oxygens (including phenoxy) is 1. The molecule has 0 aliphatic rings. The van der Waals surface area contributed by atoms with Crippen LogP contribution in [0, 0.1) is 0 Å². The van der Waals surface area contributed by atoms with Gasteiger partial charge in [-0.05, 0) is 22.0 Å². The maximum absolute atomic E-state index is 6.13. The van der Waals surface area contributed by atoms with Crippen LogP contribution in [-0.2, 0) is 0 Å². The van der Waals surface area contributed by atoms with Crippen LogP contribution >= 0.6 is 50.5 Å². The molecule has 0 N–H and O–H groups in total. The average Bonchev–Trinajstić information content (AvgIpc) is 2.67. The van der Waals surface area contributed by atoms with Crippen molar-refractivity contribution in [3.8, 4) is 17.0 Å². The molecule has 16 heavy (non-hydrogen) atoms. The summed E-state index contributed by atoms with van der Waals surface area (Å²) in [6, 6.07) is 3.44. The lowest BCUT2D eigenvalue weighted by molar-refractivity contribution is 0.415. The largest absolute Gasteiger partial charge is 0.495 e. The highest BCUT2D eigenvalue weighted by molar-refractivity contribution is 9.11. The van der Waals surface area contributed by atoms with Gasteiger partial charge in [-0.2, -0.15) is 0 Å². The molecular formula is C10H6BrCl2NOS. The van der Waals surface area contributed by atoms with Crippen LogP contribution in [-0.4, -0.2) is 12.1 Å². The lowest BCUT2D eigenvalue weighted by atomic mass is 10.1. The van der Waals surface area contributed by atoms with Gasteiger partial charge in [0.2, 0.25) is 0 Å². The van der Waals surface area contributed by atoms with E-state index in [-0.39, 0.29) is 0 Å². The summed E-state index contributed by atoms with van der Waals surface area (Å²) in [7, 11) is 1.55. The number of rotatable bonds is 2. The van der Waals surface area contributed by atoms with Crippen LogP contribution in [0.2, 0.25) is 10.0 Å². The molecule has 0 atom stereocenters. The van der Waals surface area contributed by atoms with Crippen molar-refractivity contribution in [2.45, 2.75) is 0 Å². The highest BCUT2D eigenvalue weighted by atomic mass is 79.9. The minimum absolute atomic E-state index is 0.519. The fourth-order valence-electron chi connectivity index (χ4n) is 1.26. The number of methoxy groups -OCH3 is 1. The first kappa shape index (κ1) is 12.2. The first-order chi connectivity index (χ1) is 7.61. The Morgan fingerprint density at radius 1 is 1.31 bits per heavy atom. The molecule has 0 bridgehead atoms. The van der Waals surface area contributed by atoms with Crippen molar-refractivity contribution in [3.05, 3.63) is 31.5 Å². The van der Waals surface area contributed by atoms with Gasteiger partial charge in [0.1, 0.15) is 5.75 Å². The molecule has 1 aromatic heterocycles. The van der Waals surface area contributed by atoms with Gasteiger partial charge >= 0.3 is 0 Å². The van der Waals surface area contributed by atoms with Crippen LogP contribution in [0.3, 0.4) is 0 Å². The Morgan fingerprint density at radius 2 is 2.06 bits per heavy atom. The number of thiazole rings is 1. The number of aromatic nitrogens is 1. The molecule has 84 valence electrons. The van der Waals surface area contributed by atoms with E-state index in [1.165, 1.54) is 11.3 Å². The molecular weight excluding hydrogens is 333 g/mol. The fraction of sp³-hybridized carbons (Fsp3) is 0.100. The standard InChI is InChI=1S/C10H6BrCl2NOS/c1-15-9-3-6(12)5(2-7(9)13)8-4-16-10(11)14-8/h2-4H,1H3. The van der Waals surface area contributed by atoms with Gasteiger partial charge in [0.25, 0.3) is 0 Å². The van der Waals surface area contributed by atoms with Gasteiger partial charge in [-0.1, -0.05) is 23.2 Å². The van der Waals surface area contributed by atoms with Gasteiger partial charge in [0, 0.05) is 17.0 Å². The minimum atomic E-state index is 0.519. The second kappa shape index (κ2) is 4.92. The Morgan fingerprint density at radius 3 is 2.62 bits per heavy atom. The van der Waals surface area contributed by atoms with E-state index in [0.717, 1.165) is 15.2 Å². The van der Waals surface area contributed by atoms with E-state index in [1.54, 1.807) is 19.2 Å². The van der Waals surface area contributed by atoms with Crippen molar-refractivity contribution >= 4 is 50.5 Å². The van der Waals surface area contributed by atoms with Crippen LogP contribution < -0.4 is 4.74 Å². The summed E-state index contributed by atoms with van der Waals surface area (Å²) in [5, 5.41) is 3.00. The zero-order chi connectivity index (χ0) is 11.7. The quantitative estimate of drug-likeness (QED) is 0.777. The lowest BCUT2D eigenvalue weighted by Gasteiger charge is -2.06. The van der Waals surface area contributed by atoms with Crippen LogP contribution in [0.15, 0.2) is 21.4 Å². The van der Waals surface area contributed by atoms with Gasteiger partial charge in [-0.3, -0.25) is 0 Å². The van der Waals surface area contributed by atoms with E-state index in [0.29, 0.717) is 15.8 Å². The predicted octanol–water partition coefficient (Wildman–Crippen LogP) is 4.89.